The molecule has 2 bridgehead atoms. The van der Waals surface area contributed by atoms with E-state index in [0.717, 1.165) is 38.0 Å². The summed E-state index contributed by atoms with van der Waals surface area (Å²) >= 11 is 5.94. The molecule has 0 saturated carbocycles. The molecule has 2 saturated heterocycles. The van der Waals surface area contributed by atoms with Gasteiger partial charge in [-0.25, -0.2) is 0 Å². The van der Waals surface area contributed by atoms with Crippen LogP contribution in [-0.2, 0) is 4.79 Å². The van der Waals surface area contributed by atoms with Gasteiger partial charge in [0.15, 0.2) is 0 Å². The second-order valence-electron chi connectivity index (χ2n) is 6.60. The first-order valence-corrected chi connectivity index (χ1v) is 9.01. The van der Waals surface area contributed by atoms with E-state index in [2.05, 4.69) is 11.0 Å². The highest BCUT2D eigenvalue weighted by atomic mass is 35.5. The maximum Gasteiger partial charge on any atom is 0.287 e. The van der Waals surface area contributed by atoms with E-state index in [4.69, 9.17) is 11.6 Å². The van der Waals surface area contributed by atoms with Crippen LogP contribution in [0.4, 0.5) is 5.69 Å². The van der Waals surface area contributed by atoms with Crippen molar-refractivity contribution >= 4 is 29.3 Å². The minimum atomic E-state index is -0.482. The summed E-state index contributed by atoms with van der Waals surface area (Å²) in [5.41, 5.74) is 0.774. The fourth-order valence-electron chi connectivity index (χ4n) is 3.80. The summed E-state index contributed by atoms with van der Waals surface area (Å²) < 4.78 is 0. The molecule has 0 aromatic heterocycles. The Morgan fingerprint density at radius 3 is 2.60 bits per heavy atom. The predicted molar refractivity (Wildman–Crippen MR) is 97.5 cm³/mol. The molecule has 1 amide bonds. The Labute approximate surface area is 152 Å². The lowest BCUT2D eigenvalue weighted by Crippen LogP contribution is -2.55. The van der Waals surface area contributed by atoms with Crippen molar-refractivity contribution in [2.45, 2.75) is 38.3 Å². The normalized spacial score (nSPS) is 23.4. The van der Waals surface area contributed by atoms with Crippen LogP contribution in [0, 0.1) is 10.1 Å². The molecule has 2 heterocycles. The van der Waals surface area contributed by atoms with E-state index >= 15 is 0 Å². The zero-order valence-corrected chi connectivity index (χ0v) is 15.0. The Morgan fingerprint density at radius 1 is 1.36 bits per heavy atom. The maximum absolute atomic E-state index is 11.9. The SMILES string of the molecule is CCC(=O)N1CC2CCC(C1)N2C/C=C/c1ccc([N+](=O)[O-])c(Cl)c1. The van der Waals surface area contributed by atoms with Gasteiger partial charge >= 0.3 is 0 Å². The third-order valence-corrected chi connectivity index (χ3v) is 5.39. The third kappa shape index (κ3) is 3.85. The molecule has 25 heavy (non-hydrogen) atoms. The van der Waals surface area contributed by atoms with Crippen LogP contribution >= 0.6 is 11.6 Å². The number of hydrogen-bond acceptors (Lipinski definition) is 4. The summed E-state index contributed by atoms with van der Waals surface area (Å²) in [6.45, 7) is 4.37. The predicted octanol–water partition coefficient (Wildman–Crippen LogP) is 3.35. The number of nitro groups is 1. The van der Waals surface area contributed by atoms with Gasteiger partial charge in [-0.3, -0.25) is 19.8 Å². The standard InChI is InChI=1S/C18H22ClN3O3/c1-2-18(23)20-11-14-6-7-15(12-20)21(14)9-3-4-13-5-8-17(22(24)25)16(19)10-13/h3-5,8,10,14-15H,2,6-7,9,11-12H2,1H3/b4-3+. The zero-order chi connectivity index (χ0) is 18.0. The second kappa shape index (κ2) is 7.54. The lowest BCUT2D eigenvalue weighted by atomic mass is 10.1. The van der Waals surface area contributed by atoms with Crippen LogP contribution in [0.3, 0.4) is 0 Å². The second-order valence-corrected chi connectivity index (χ2v) is 7.01. The molecule has 2 fully saturated rings. The van der Waals surface area contributed by atoms with Crippen LogP contribution in [0.2, 0.25) is 5.02 Å². The fraction of sp³-hybridized carbons (Fsp3) is 0.500. The third-order valence-electron chi connectivity index (χ3n) is 5.08. The van der Waals surface area contributed by atoms with E-state index in [1.807, 2.05) is 17.9 Å². The first-order valence-electron chi connectivity index (χ1n) is 8.63. The molecule has 2 unspecified atom stereocenters. The number of nitro benzene ring substituents is 1. The van der Waals surface area contributed by atoms with E-state index < -0.39 is 4.92 Å². The van der Waals surface area contributed by atoms with Crippen molar-refractivity contribution < 1.29 is 9.72 Å². The van der Waals surface area contributed by atoms with E-state index in [0.29, 0.717) is 18.5 Å². The minimum absolute atomic E-state index is 0.0754. The zero-order valence-electron chi connectivity index (χ0n) is 14.2. The Kier molecular flexibility index (Phi) is 5.39. The Balaban J connectivity index is 1.61. The number of benzene rings is 1. The summed E-state index contributed by atoms with van der Waals surface area (Å²) in [5, 5.41) is 10.9. The van der Waals surface area contributed by atoms with Crippen LogP contribution in [-0.4, -0.2) is 52.3 Å². The monoisotopic (exact) mass is 363 g/mol. The van der Waals surface area contributed by atoms with Crippen molar-refractivity contribution in [3.63, 3.8) is 0 Å². The van der Waals surface area contributed by atoms with Crippen molar-refractivity contribution in [3.8, 4) is 0 Å². The first-order chi connectivity index (χ1) is 12.0. The maximum atomic E-state index is 11.9. The fourth-order valence-corrected chi connectivity index (χ4v) is 4.06. The molecule has 6 nitrogen and oxygen atoms in total. The number of nitrogens with zero attached hydrogens (tertiary/aromatic N) is 3. The number of fused-ring (bicyclic) bond motifs is 2. The average molecular weight is 364 g/mol. The van der Waals surface area contributed by atoms with Gasteiger partial charge in [0.2, 0.25) is 5.91 Å². The van der Waals surface area contributed by atoms with Gasteiger partial charge in [0.1, 0.15) is 5.02 Å². The van der Waals surface area contributed by atoms with Crippen LogP contribution in [0.1, 0.15) is 31.7 Å². The largest absolute Gasteiger partial charge is 0.340 e. The van der Waals surface area contributed by atoms with Crippen molar-refractivity contribution in [1.29, 1.82) is 0 Å². The lowest BCUT2D eigenvalue weighted by molar-refractivity contribution is -0.384. The van der Waals surface area contributed by atoms with E-state index in [9.17, 15) is 14.9 Å². The van der Waals surface area contributed by atoms with Gasteiger partial charge in [0.25, 0.3) is 5.69 Å². The Hall–Kier alpha value is -1.92. The first kappa shape index (κ1) is 17.9. The number of carbonyl (C=O) groups excluding carboxylic acids is 1. The smallest absolute Gasteiger partial charge is 0.287 e. The molecule has 2 atom stereocenters. The van der Waals surface area contributed by atoms with Crippen LogP contribution < -0.4 is 0 Å². The highest BCUT2D eigenvalue weighted by Gasteiger charge is 2.40. The van der Waals surface area contributed by atoms with Crippen molar-refractivity contribution in [2.75, 3.05) is 19.6 Å². The lowest BCUT2D eigenvalue weighted by Gasteiger charge is -2.40. The molecule has 0 spiro atoms. The van der Waals surface area contributed by atoms with Gasteiger partial charge in [-0.05, 0) is 30.5 Å². The minimum Gasteiger partial charge on any atom is -0.340 e. The molecule has 2 aliphatic rings. The molecule has 134 valence electrons. The average Bonchev–Trinajstić information content (AvgIpc) is 2.82. The summed E-state index contributed by atoms with van der Waals surface area (Å²) in [4.78, 5) is 26.7. The molecule has 0 N–H and O–H groups in total. The van der Waals surface area contributed by atoms with Crippen LogP contribution in [0.25, 0.3) is 6.08 Å². The van der Waals surface area contributed by atoms with Gasteiger partial charge in [0.05, 0.1) is 4.92 Å². The number of hydrogen-bond donors (Lipinski definition) is 0. The number of amides is 1. The van der Waals surface area contributed by atoms with Crippen LogP contribution in [0.15, 0.2) is 24.3 Å². The van der Waals surface area contributed by atoms with E-state index in [1.165, 1.54) is 6.07 Å². The highest BCUT2D eigenvalue weighted by Crippen LogP contribution is 2.30. The molecule has 2 aliphatic heterocycles. The van der Waals surface area contributed by atoms with E-state index in [1.54, 1.807) is 12.1 Å². The summed E-state index contributed by atoms with van der Waals surface area (Å²) in [7, 11) is 0. The van der Waals surface area contributed by atoms with Gasteiger partial charge in [-0.15, -0.1) is 0 Å². The number of likely N-dealkylation sites (tertiary alicyclic amines) is 1. The summed E-state index contributed by atoms with van der Waals surface area (Å²) in [6, 6.07) is 5.61. The van der Waals surface area contributed by atoms with Gasteiger partial charge in [0, 0.05) is 44.2 Å². The number of rotatable bonds is 5. The van der Waals surface area contributed by atoms with E-state index in [-0.39, 0.29) is 16.6 Å². The van der Waals surface area contributed by atoms with Gasteiger partial charge in [-0.2, -0.15) is 0 Å². The molecule has 0 aliphatic carbocycles. The Morgan fingerprint density at radius 2 is 2.04 bits per heavy atom. The quantitative estimate of drug-likeness (QED) is 0.594. The van der Waals surface area contributed by atoms with Gasteiger partial charge < -0.3 is 4.90 Å². The molecule has 1 aromatic rings. The summed E-state index contributed by atoms with van der Waals surface area (Å²) in [5.74, 6) is 0.243. The Bertz CT molecular complexity index is 693. The molecule has 7 heteroatoms. The van der Waals surface area contributed by atoms with Gasteiger partial charge in [-0.1, -0.05) is 30.7 Å². The van der Waals surface area contributed by atoms with Crippen LogP contribution in [0.5, 0.6) is 0 Å². The number of piperazine rings is 1. The topological polar surface area (TPSA) is 66.7 Å². The molecule has 3 rings (SSSR count). The van der Waals surface area contributed by atoms with Crippen molar-refractivity contribution in [2.24, 2.45) is 0 Å². The summed E-state index contributed by atoms with van der Waals surface area (Å²) in [6.07, 6.45) is 6.85. The highest BCUT2D eigenvalue weighted by molar-refractivity contribution is 6.32. The number of carbonyl (C=O) groups is 1. The molecule has 0 radical (unpaired) electrons. The number of halogens is 1. The molecule has 1 aromatic carbocycles. The molecular weight excluding hydrogens is 342 g/mol. The van der Waals surface area contributed by atoms with Crippen molar-refractivity contribution in [1.82, 2.24) is 9.80 Å². The molecular formula is C18H22ClN3O3. The van der Waals surface area contributed by atoms with Crippen molar-refractivity contribution in [3.05, 3.63) is 45.0 Å².